The fourth-order valence-electron chi connectivity index (χ4n) is 3.58. The third kappa shape index (κ3) is 5.94. The zero-order chi connectivity index (χ0) is 17.5. The lowest BCUT2D eigenvalue weighted by Gasteiger charge is -2.39. The first-order valence-electron chi connectivity index (χ1n) is 9.14. The zero-order valence-electron chi connectivity index (χ0n) is 15.2. The molecule has 132 valence electrons. The van der Waals surface area contributed by atoms with Crippen LogP contribution >= 0.6 is 0 Å². The highest BCUT2D eigenvalue weighted by Crippen LogP contribution is 2.23. The molecule has 0 bridgehead atoms. The molecule has 0 amide bonds. The first-order chi connectivity index (χ1) is 11.4. The summed E-state index contributed by atoms with van der Waals surface area (Å²) in [6.45, 7) is 7.99. The van der Waals surface area contributed by atoms with Gasteiger partial charge >= 0.3 is 0 Å². The molecule has 0 aliphatic carbocycles. The molecule has 1 saturated heterocycles. The monoisotopic (exact) mass is 330 g/mol. The summed E-state index contributed by atoms with van der Waals surface area (Å²) >= 11 is 0. The lowest BCUT2D eigenvalue weighted by molar-refractivity contribution is -0.943. The van der Waals surface area contributed by atoms with Crippen molar-refractivity contribution >= 4 is 0 Å². The fraction of sp³-hybridized carbons (Fsp3) is 0.619. The minimum Gasteiger partial charge on any atom is -0.385 e. The highest BCUT2D eigenvalue weighted by molar-refractivity contribution is 5.13. The largest absolute Gasteiger partial charge is 0.385 e. The molecule has 1 N–H and O–H groups in total. The van der Waals surface area contributed by atoms with E-state index < -0.39 is 11.7 Å². The van der Waals surface area contributed by atoms with Gasteiger partial charge in [0.1, 0.15) is 24.8 Å². The Kier molecular flexibility index (Phi) is 6.86. The maximum atomic E-state index is 10.6. The van der Waals surface area contributed by atoms with Crippen LogP contribution in [0.4, 0.5) is 0 Å². The van der Waals surface area contributed by atoms with E-state index in [0.717, 1.165) is 30.7 Å². The number of terminal acetylenes is 1. The van der Waals surface area contributed by atoms with E-state index in [4.69, 9.17) is 11.2 Å². The van der Waals surface area contributed by atoms with Crippen molar-refractivity contribution < 1.29 is 14.3 Å². The summed E-state index contributed by atoms with van der Waals surface area (Å²) in [5.74, 6) is 2.62. The van der Waals surface area contributed by atoms with Gasteiger partial charge in [-0.1, -0.05) is 36.3 Å². The van der Waals surface area contributed by atoms with Crippen molar-refractivity contribution in [1.29, 1.82) is 0 Å². The van der Waals surface area contributed by atoms with E-state index in [-0.39, 0.29) is 0 Å². The van der Waals surface area contributed by atoms with Crippen molar-refractivity contribution in [2.75, 3.05) is 26.2 Å². The zero-order valence-corrected chi connectivity index (χ0v) is 15.2. The second-order valence-electron chi connectivity index (χ2n) is 7.65. The van der Waals surface area contributed by atoms with Crippen LogP contribution in [-0.4, -0.2) is 47.5 Å². The van der Waals surface area contributed by atoms with Crippen LogP contribution in [0.1, 0.15) is 45.1 Å². The molecule has 3 nitrogen and oxygen atoms in total. The number of quaternary nitrogens is 1. The van der Waals surface area contributed by atoms with Crippen LogP contribution < -0.4 is 0 Å². The molecule has 2 rings (SSSR count). The number of nitrogens with zero attached hydrogens (tertiary/aromatic N) is 1. The summed E-state index contributed by atoms with van der Waals surface area (Å²) in [4.78, 5) is 0. The molecular weight excluding hydrogens is 298 g/mol. The van der Waals surface area contributed by atoms with Crippen molar-refractivity contribution in [2.45, 2.75) is 57.8 Å². The van der Waals surface area contributed by atoms with Crippen molar-refractivity contribution in [3.05, 3.63) is 35.9 Å². The van der Waals surface area contributed by atoms with Gasteiger partial charge in [-0.15, -0.1) is 6.42 Å². The topological polar surface area (TPSA) is 29.5 Å². The van der Waals surface area contributed by atoms with Gasteiger partial charge in [-0.05, 0) is 39.5 Å². The number of aliphatic hydroxyl groups excluding tert-OH is 1. The molecule has 1 unspecified atom stereocenters. The molecule has 1 heterocycles. The smallest absolute Gasteiger partial charge is 0.126 e. The van der Waals surface area contributed by atoms with Gasteiger partial charge in [-0.3, -0.25) is 0 Å². The summed E-state index contributed by atoms with van der Waals surface area (Å²) in [5, 5.41) is 10.6. The van der Waals surface area contributed by atoms with E-state index in [0.29, 0.717) is 6.61 Å². The Morgan fingerprint density at radius 3 is 2.38 bits per heavy atom. The van der Waals surface area contributed by atoms with E-state index in [1.54, 1.807) is 0 Å². The molecule has 0 saturated carbocycles. The Hall–Kier alpha value is -1.34. The van der Waals surface area contributed by atoms with Gasteiger partial charge in [0.15, 0.2) is 0 Å². The van der Waals surface area contributed by atoms with Crippen LogP contribution in [0.15, 0.2) is 30.3 Å². The van der Waals surface area contributed by atoms with Crippen molar-refractivity contribution in [3.8, 4) is 12.3 Å². The van der Waals surface area contributed by atoms with Gasteiger partial charge in [0, 0.05) is 5.56 Å². The maximum absolute atomic E-state index is 10.6. The molecule has 24 heavy (non-hydrogen) atoms. The van der Waals surface area contributed by atoms with Gasteiger partial charge in [0.2, 0.25) is 0 Å². The molecule has 1 aromatic carbocycles. The summed E-state index contributed by atoms with van der Waals surface area (Å²) in [6.07, 6.45) is 10.0. The quantitative estimate of drug-likeness (QED) is 0.613. The Bertz CT molecular complexity index is 525. The van der Waals surface area contributed by atoms with Crippen LogP contribution in [0.2, 0.25) is 0 Å². The van der Waals surface area contributed by atoms with Gasteiger partial charge < -0.3 is 14.3 Å². The van der Waals surface area contributed by atoms with Crippen molar-refractivity contribution in [1.82, 2.24) is 0 Å². The molecule has 0 radical (unpaired) electrons. The van der Waals surface area contributed by atoms with E-state index in [9.17, 15) is 5.11 Å². The Morgan fingerprint density at radius 1 is 1.17 bits per heavy atom. The molecule has 0 aromatic heterocycles. The van der Waals surface area contributed by atoms with Crippen LogP contribution in [0.25, 0.3) is 0 Å². The third-order valence-electron chi connectivity index (χ3n) is 4.96. The van der Waals surface area contributed by atoms with Crippen LogP contribution in [0.3, 0.4) is 0 Å². The average Bonchev–Trinajstić information content (AvgIpc) is 2.80. The lowest BCUT2D eigenvalue weighted by atomic mass is 10.1. The second kappa shape index (κ2) is 8.67. The predicted molar refractivity (Wildman–Crippen MR) is 98.3 cm³/mol. The average molecular weight is 330 g/mol. The molecule has 1 aromatic rings. The van der Waals surface area contributed by atoms with Crippen molar-refractivity contribution in [3.63, 3.8) is 0 Å². The van der Waals surface area contributed by atoms with Gasteiger partial charge in [0.25, 0.3) is 0 Å². The second-order valence-corrected chi connectivity index (χ2v) is 7.65. The fourth-order valence-corrected chi connectivity index (χ4v) is 3.58. The van der Waals surface area contributed by atoms with E-state index in [2.05, 4.69) is 36.3 Å². The number of aliphatic hydroxyl groups is 1. The number of rotatable bonds is 7. The number of hydrogen-bond donors (Lipinski definition) is 1. The first-order valence-corrected chi connectivity index (χ1v) is 9.14. The molecule has 1 atom stereocenters. The van der Waals surface area contributed by atoms with Crippen molar-refractivity contribution in [2.24, 2.45) is 0 Å². The SMILES string of the molecule is C#CC(C)(C)OCC(O)C[N+]1(Cc2ccccc2)CCCCCC1. The first kappa shape index (κ1) is 19.0. The lowest BCUT2D eigenvalue weighted by Crippen LogP contribution is -2.53. The Balaban J connectivity index is 2.04. The molecular formula is C21H32NO2+. The minimum absolute atomic E-state index is 0.298. The number of benzene rings is 1. The van der Waals surface area contributed by atoms with Gasteiger partial charge in [-0.2, -0.15) is 0 Å². The molecule has 1 aliphatic rings. The van der Waals surface area contributed by atoms with E-state index in [1.165, 1.54) is 31.2 Å². The Morgan fingerprint density at radius 2 is 1.79 bits per heavy atom. The van der Waals surface area contributed by atoms with Gasteiger partial charge in [-0.25, -0.2) is 0 Å². The maximum Gasteiger partial charge on any atom is 0.126 e. The highest BCUT2D eigenvalue weighted by atomic mass is 16.5. The predicted octanol–water partition coefficient (Wildman–Crippen LogP) is 3.37. The van der Waals surface area contributed by atoms with E-state index >= 15 is 0 Å². The highest BCUT2D eigenvalue weighted by Gasteiger charge is 2.32. The minimum atomic E-state index is -0.621. The summed E-state index contributed by atoms with van der Waals surface area (Å²) in [7, 11) is 0. The van der Waals surface area contributed by atoms with Crippen LogP contribution in [-0.2, 0) is 11.3 Å². The summed E-state index contributed by atoms with van der Waals surface area (Å²) in [5.41, 5.74) is 0.723. The third-order valence-corrected chi connectivity index (χ3v) is 4.96. The normalized spacial score (nSPS) is 19.2. The Labute approximate surface area is 147 Å². The standard InChI is InChI=1S/C21H32NO2/c1-4-21(2,3)24-18-20(23)17-22(14-10-5-6-11-15-22)16-19-12-8-7-9-13-19/h1,7-9,12-13,20,23H,5-6,10-11,14-18H2,2-3H3/q+1. The summed E-state index contributed by atoms with van der Waals surface area (Å²) < 4.78 is 6.66. The number of ether oxygens (including phenoxy) is 1. The number of likely N-dealkylation sites (tertiary alicyclic amines) is 1. The summed E-state index contributed by atoms with van der Waals surface area (Å²) in [6, 6.07) is 10.6. The molecule has 1 aliphatic heterocycles. The molecule has 3 heteroatoms. The molecule has 0 spiro atoms. The molecule has 1 fully saturated rings. The van der Waals surface area contributed by atoms with Crippen LogP contribution in [0, 0.1) is 12.3 Å². The number of hydrogen-bond acceptors (Lipinski definition) is 2. The van der Waals surface area contributed by atoms with Crippen LogP contribution in [0.5, 0.6) is 0 Å². The van der Waals surface area contributed by atoms with E-state index in [1.807, 2.05) is 13.8 Å². The van der Waals surface area contributed by atoms with Gasteiger partial charge in [0.05, 0.1) is 19.7 Å².